The van der Waals surface area contributed by atoms with Crippen LogP contribution in [0, 0.1) is 0 Å². The molecule has 1 atom stereocenters. The molecule has 0 aliphatic heterocycles. The van der Waals surface area contributed by atoms with Crippen LogP contribution in [0.2, 0.25) is 0 Å². The molecule has 134 valence electrons. The summed E-state index contributed by atoms with van der Waals surface area (Å²) in [6.45, 7) is 3.00. The van der Waals surface area contributed by atoms with Gasteiger partial charge in [-0.1, -0.05) is 54.3 Å². The molecule has 1 aliphatic carbocycles. The second kappa shape index (κ2) is 8.67. The van der Waals surface area contributed by atoms with Crippen LogP contribution in [0.1, 0.15) is 43.4 Å². The summed E-state index contributed by atoms with van der Waals surface area (Å²) in [4.78, 5) is 14.6. The highest BCUT2D eigenvalue weighted by atomic mass is 32.2. The maximum atomic E-state index is 12.7. The summed E-state index contributed by atoms with van der Waals surface area (Å²) >= 11 is 2.98. The monoisotopic (exact) mass is 376 g/mol. The summed E-state index contributed by atoms with van der Waals surface area (Å²) in [5.74, 6) is 0.544. The van der Waals surface area contributed by atoms with Crippen molar-refractivity contribution in [2.24, 2.45) is 0 Å². The molecule has 0 bridgehead atoms. The van der Waals surface area contributed by atoms with Crippen LogP contribution < -0.4 is 5.32 Å². The Kier molecular flexibility index (Phi) is 6.31. The average molecular weight is 377 g/mol. The van der Waals surface area contributed by atoms with Gasteiger partial charge < -0.3 is 10.2 Å². The Morgan fingerprint density at radius 2 is 2.24 bits per heavy atom. The number of carbonyl (C=O) groups excluding carboxylic acids is 1. The normalized spacial score (nSPS) is 16.3. The van der Waals surface area contributed by atoms with Crippen LogP contribution in [-0.2, 0) is 11.2 Å². The van der Waals surface area contributed by atoms with Crippen molar-refractivity contribution in [3.05, 3.63) is 35.4 Å². The molecule has 25 heavy (non-hydrogen) atoms. The number of hydrogen-bond acceptors (Lipinski definition) is 6. The Balaban J connectivity index is 1.57. The first-order valence-electron chi connectivity index (χ1n) is 8.72. The first kappa shape index (κ1) is 18.2. The predicted octanol–water partition coefficient (Wildman–Crippen LogP) is 3.99. The van der Waals surface area contributed by atoms with E-state index in [1.807, 2.05) is 11.9 Å². The molecule has 1 aromatic carbocycles. The molecule has 2 aromatic rings. The minimum atomic E-state index is 0.143. The number of aromatic nitrogens is 2. The molecular formula is C18H24N4OS2. The van der Waals surface area contributed by atoms with Crippen LogP contribution in [0.3, 0.4) is 0 Å². The van der Waals surface area contributed by atoms with E-state index in [4.69, 9.17) is 0 Å². The first-order chi connectivity index (χ1) is 12.2. The summed E-state index contributed by atoms with van der Waals surface area (Å²) < 4.78 is 0.837. The lowest BCUT2D eigenvalue weighted by Gasteiger charge is -2.33. The summed E-state index contributed by atoms with van der Waals surface area (Å²) in [7, 11) is 1.92. The van der Waals surface area contributed by atoms with E-state index in [1.54, 1.807) is 0 Å². The Bertz CT molecular complexity index is 719. The van der Waals surface area contributed by atoms with E-state index in [9.17, 15) is 4.79 Å². The average Bonchev–Trinajstić information content (AvgIpc) is 3.11. The SMILES string of the molecule is CCCNc1nnc(SCC(=O)N(C)C2CCCc3ccccc32)s1. The van der Waals surface area contributed by atoms with Gasteiger partial charge in [-0.05, 0) is 36.8 Å². The van der Waals surface area contributed by atoms with Gasteiger partial charge in [-0.25, -0.2) is 0 Å². The quantitative estimate of drug-likeness (QED) is 0.741. The predicted molar refractivity (Wildman–Crippen MR) is 104 cm³/mol. The van der Waals surface area contributed by atoms with E-state index in [0.29, 0.717) is 5.75 Å². The summed E-state index contributed by atoms with van der Waals surface area (Å²) in [5.41, 5.74) is 2.68. The fraction of sp³-hybridized carbons (Fsp3) is 0.500. The van der Waals surface area contributed by atoms with Gasteiger partial charge in [0.2, 0.25) is 11.0 Å². The van der Waals surface area contributed by atoms with Crippen molar-refractivity contribution in [3.63, 3.8) is 0 Å². The Morgan fingerprint density at radius 3 is 3.08 bits per heavy atom. The molecule has 1 unspecified atom stereocenters. The smallest absolute Gasteiger partial charge is 0.233 e. The van der Waals surface area contributed by atoms with Crippen LogP contribution >= 0.6 is 23.1 Å². The van der Waals surface area contributed by atoms with Crippen LogP contribution in [0.25, 0.3) is 0 Å². The highest BCUT2D eigenvalue weighted by Crippen LogP contribution is 2.34. The molecule has 0 spiro atoms. The molecule has 1 N–H and O–H groups in total. The van der Waals surface area contributed by atoms with E-state index in [1.165, 1.54) is 34.2 Å². The molecule has 1 aliphatic rings. The zero-order chi connectivity index (χ0) is 17.6. The summed E-state index contributed by atoms with van der Waals surface area (Å²) in [6, 6.07) is 8.68. The number of hydrogen-bond donors (Lipinski definition) is 1. The second-order valence-corrected chi connectivity index (χ2v) is 8.40. The van der Waals surface area contributed by atoms with Gasteiger partial charge in [0.1, 0.15) is 0 Å². The van der Waals surface area contributed by atoms with Gasteiger partial charge in [-0.3, -0.25) is 4.79 Å². The van der Waals surface area contributed by atoms with Gasteiger partial charge in [0.25, 0.3) is 0 Å². The zero-order valence-corrected chi connectivity index (χ0v) is 16.3. The van der Waals surface area contributed by atoms with Crippen molar-refractivity contribution >= 4 is 34.1 Å². The second-order valence-electron chi connectivity index (χ2n) is 6.20. The van der Waals surface area contributed by atoms with Crippen LogP contribution in [-0.4, -0.2) is 40.3 Å². The van der Waals surface area contributed by atoms with Gasteiger partial charge in [0.15, 0.2) is 4.34 Å². The number of anilines is 1. The van der Waals surface area contributed by atoms with E-state index in [0.717, 1.165) is 41.7 Å². The summed E-state index contributed by atoms with van der Waals surface area (Å²) in [5, 5.41) is 12.3. The zero-order valence-electron chi connectivity index (χ0n) is 14.7. The Morgan fingerprint density at radius 1 is 1.40 bits per heavy atom. The molecule has 0 saturated heterocycles. The minimum absolute atomic E-state index is 0.143. The van der Waals surface area contributed by atoms with Gasteiger partial charge in [0, 0.05) is 13.6 Å². The number of nitrogens with zero attached hydrogens (tertiary/aromatic N) is 3. The fourth-order valence-electron chi connectivity index (χ4n) is 3.10. The van der Waals surface area contributed by atoms with E-state index < -0.39 is 0 Å². The standard InChI is InChI=1S/C18H24N4OS2/c1-3-11-19-17-20-21-18(25-17)24-12-16(23)22(2)15-10-6-8-13-7-4-5-9-14(13)15/h4-5,7,9,15H,3,6,8,10-12H2,1-2H3,(H,19,20). The molecule has 3 rings (SSSR count). The maximum absolute atomic E-state index is 12.7. The van der Waals surface area contributed by atoms with Crippen LogP contribution in [0.4, 0.5) is 5.13 Å². The third kappa shape index (κ3) is 4.52. The number of carbonyl (C=O) groups is 1. The third-order valence-corrected chi connectivity index (χ3v) is 6.45. The molecule has 1 amide bonds. The molecule has 0 fully saturated rings. The van der Waals surface area contributed by atoms with Crippen molar-refractivity contribution in [2.75, 3.05) is 24.7 Å². The molecule has 0 radical (unpaired) electrons. The van der Waals surface area contributed by atoms with Gasteiger partial charge in [-0.2, -0.15) is 0 Å². The van der Waals surface area contributed by atoms with Crippen molar-refractivity contribution in [2.45, 2.75) is 43.0 Å². The van der Waals surface area contributed by atoms with E-state index in [2.05, 4.69) is 46.7 Å². The maximum Gasteiger partial charge on any atom is 0.233 e. The van der Waals surface area contributed by atoms with Crippen molar-refractivity contribution in [1.82, 2.24) is 15.1 Å². The molecule has 1 aromatic heterocycles. The highest BCUT2D eigenvalue weighted by molar-refractivity contribution is 8.01. The van der Waals surface area contributed by atoms with Crippen LogP contribution in [0.5, 0.6) is 0 Å². The Labute approximate surface area is 157 Å². The highest BCUT2D eigenvalue weighted by Gasteiger charge is 2.26. The topological polar surface area (TPSA) is 58.1 Å². The van der Waals surface area contributed by atoms with E-state index in [-0.39, 0.29) is 11.9 Å². The Hall–Kier alpha value is -1.60. The number of amides is 1. The fourth-order valence-corrected chi connectivity index (χ4v) is 4.80. The van der Waals surface area contributed by atoms with Crippen molar-refractivity contribution in [3.8, 4) is 0 Å². The van der Waals surface area contributed by atoms with Gasteiger partial charge in [0.05, 0.1) is 11.8 Å². The first-order valence-corrected chi connectivity index (χ1v) is 10.5. The lowest BCUT2D eigenvalue weighted by atomic mass is 9.87. The van der Waals surface area contributed by atoms with E-state index >= 15 is 0 Å². The number of fused-ring (bicyclic) bond motifs is 1. The lowest BCUT2D eigenvalue weighted by Crippen LogP contribution is -2.34. The molecule has 7 heteroatoms. The van der Waals surface area contributed by atoms with Crippen LogP contribution in [0.15, 0.2) is 28.6 Å². The minimum Gasteiger partial charge on any atom is -0.360 e. The molecule has 0 saturated carbocycles. The number of thioether (sulfide) groups is 1. The third-order valence-electron chi connectivity index (χ3n) is 4.45. The number of benzene rings is 1. The number of rotatable bonds is 7. The molecule has 5 nitrogen and oxygen atoms in total. The molecule has 1 heterocycles. The number of nitrogens with one attached hydrogen (secondary N) is 1. The van der Waals surface area contributed by atoms with Crippen molar-refractivity contribution < 1.29 is 4.79 Å². The summed E-state index contributed by atoms with van der Waals surface area (Å²) in [6.07, 6.45) is 4.33. The van der Waals surface area contributed by atoms with Crippen molar-refractivity contribution in [1.29, 1.82) is 0 Å². The number of aryl methyl sites for hydroxylation is 1. The van der Waals surface area contributed by atoms with Gasteiger partial charge >= 0.3 is 0 Å². The van der Waals surface area contributed by atoms with Gasteiger partial charge in [-0.15, -0.1) is 10.2 Å². The molecular weight excluding hydrogens is 352 g/mol. The largest absolute Gasteiger partial charge is 0.360 e. The lowest BCUT2D eigenvalue weighted by molar-refractivity contribution is -0.129.